The lowest BCUT2D eigenvalue weighted by Crippen LogP contribution is -2.46. The van der Waals surface area contributed by atoms with Crippen molar-refractivity contribution in [3.05, 3.63) is 20.8 Å². The summed E-state index contributed by atoms with van der Waals surface area (Å²) in [5.74, 6) is 0.0911. The van der Waals surface area contributed by atoms with E-state index in [1.54, 1.807) is 11.3 Å². The highest BCUT2D eigenvalue weighted by Gasteiger charge is 2.36. The molecule has 1 fully saturated rings. The SMILES string of the molecule is CC(C)(C)N1CC(NC(=O)NCc2ccsc2Br)CC1=O. The van der Waals surface area contributed by atoms with Crippen molar-refractivity contribution in [3.63, 3.8) is 0 Å². The molecule has 21 heavy (non-hydrogen) atoms. The zero-order valence-corrected chi connectivity index (χ0v) is 14.8. The summed E-state index contributed by atoms with van der Waals surface area (Å²) in [6.45, 7) is 7.04. The van der Waals surface area contributed by atoms with Crippen LogP contribution in [0.2, 0.25) is 0 Å². The molecule has 1 aliphatic rings. The highest BCUT2D eigenvalue weighted by atomic mass is 79.9. The number of nitrogens with zero attached hydrogens (tertiary/aromatic N) is 1. The van der Waals surface area contributed by atoms with Crippen LogP contribution in [0.4, 0.5) is 4.79 Å². The molecule has 1 unspecified atom stereocenters. The Balaban J connectivity index is 1.81. The first-order chi connectivity index (χ1) is 9.77. The molecule has 0 aliphatic carbocycles. The molecule has 1 saturated heterocycles. The number of rotatable bonds is 3. The van der Waals surface area contributed by atoms with Crippen LogP contribution in [0.15, 0.2) is 15.2 Å². The van der Waals surface area contributed by atoms with Gasteiger partial charge in [0.2, 0.25) is 5.91 Å². The van der Waals surface area contributed by atoms with Crippen molar-refractivity contribution in [2.24, 2.45) is 0 Å². The number of likely N-dealkylation sites (tertiary alicyclic amines) is 1. The Morgan fingerprint density at radius 3 is 2.76 bits per heavy atom. The van der Waals surface area contributed by atoms with Gasteiger partial charge in [-0.15, -0.1) is 11.3 Å². The molecular formula is C14H20BrN3O2S. The minimum atomic E-state index is -0.235. The van der Waals surface area contributed by atoms with Gasteiger partial charge >= 0.3 is 6.03 Å². The molecule has 2 rings (SSSR count). The van der Waals surface area contributed by atoms with Gasteiger partial charge in [0.1, 0.15) is 0 Å². The molecule has 116 valence electrons. The largest absolute Gasteiger partial charge is 0.336 e. The molecule has 0 aromatic carbocycles. The molecule has 2 N–H and O–H groups in total. The van der Waals surface area contributed by atoms with E-state index >= 15 is 0 Å². The second-order valence-electron chi connectivity index (χ2n) is 6.12. The number of hydrogen-bond acceptors (Lipinski definition) is 3. The summed E-state index contributed by atoms with van der Waals surface area (Å²) in [5, 5.41) is 7.65. The Morgan fingerprint density at radius 1 is 1.52 bits per heavy atom. The smallest absolute Gasteiger partial charge is 0.315 e. The van der Waals surface area contributed by atoms with Gasteiger partial charge in [0, 0.05) is 25.0 Å². The zero-order valence-electron chi connectivity index (χ0n) is 12.4. The summed E-state index contributed by atoms with van der Waals surface area (Å²) >= 11 is 5.02. The summed E-state index contributed by atoms with van der Waals surface area (Å²) in [4.78, 5) is 25.7. The third-order valence-corrected chi connectivity index (χ3v) is 5.21. The van der Waals surface area contributed by atoms with Gasteiger partial charge in [-0.25, -0.2) is 4.79 Å². The summed E-state index contributed by atoms with van der Waals surface area (Å²) < 4.78 is 1.03. The van der Waals surface area contributed by atoms with E-state index in [0.717, 1.165) is 9.35 Å². The van der Waals surface area contributed by atoms with Gasteiger partial charge in [-0.05, 0) is 53.7 Å². The van der Waals surface area contributed by atoms with Crippen molar-refractivity contribution in [1.29, 1.82) is 0 Å². The molecule has 1 aromatic heterocycles. The van der Waals surface area contributed by atoms with E-state index in [4.69, 9.17) is 0 Å². The number of thiophene rings is 1. The maximum Gasteiger partial charge on any atom is 0.315 e. The minimum absolute atomic E-state index is 0.0911. The molecule has 0 bridgehead atoms. The Morgan fingerprint density at radius 2 is 2.24 bits per heavy atom. The van der Waals surface area contributed by atoms with E-state index < -0.39 is 0 Å². The molecule has 5 nitrogen and oxygen atoms in total. The number of hydrogen-bond donors (Lipinski definition) is 2. The van der Waals surface area contributed by atoms with E-state index in [2.05, 4.69) is 26.6 Å². The highest BCUT2D eigenvalue weighted by molar-refractivity contribution is 9.11. The summed E-state index contributed by atoms with van der Waals surface area (Å²) in [7, 11) is 0. The molecule has 3 amide bonds. The van der Waals surface area contributed by atoms with Crippen LogP contribution in [0.25, 0.3) is 0 Å². The van der Waals surface area contributed by atoms with Crippen LogP contribution in [-0.4, -0.2) is 35.0 Å². The van der Waals surface area contributed by atoms with Gasteiger partial charge in [0.15, 0.2) is 0 Å². The lowest BCUT2D eigenvalue weighted by Gasteiger charge is -2.32. The molecule has 0 saturated carbocycles. The molecule has 1 aromatic rings. The van der Waals surface area contributed by atoms with Gasteiger partial charge in [-0.1, -0.05) is 0 Å². The van der Waals surface area contributed by atoms with Crippen LogP contribution in [0.5, 0.6) is 0 Å². The fourth-order valence-electron chi connectivity index (χ4n) is 2.31. The van der Waals surface area contributed by atoms with Gasteiger partial charge in [0.25, 0.3) is 0 Å². The van der Waals surface area contributed by atoms with Crippen molar-refractivity contribution in [2.75, 3.05) is 6.54 Å². The van der Waals surface area contributed by atoms with Gasteiger partial charge in [-0.3, -0.25) is 4.79 Å². The Bertz CT molecular complexity index is 539. The van der Waals surface area contributed by atoms with E-state index in [9.17, 15) is 9.59 Å². The third-order valence-electron chi connectivity index (χ3n) is 3.40. The van der Waals surface area contributed by atoms with E-state index in [1.807, 2.05) is 37.1 Å². The number of nitrogens with one attached hydrogen (secondary N) is 2. The molecule has 1 aliphatic heterocycles. The monoisotopic (exact) mass is 373 g/mol. The van der Waals surface area contributed by atoms with Crippen LogP contribution in [-0.2, 0) is 11.3 Å². The number of carbonyl (C=O) groups excluding carboxylic acids is 2. The van der Waals surface area contributed by atoms with Crippen LogP contribution < -0.4 is 10.6 Å². The van der Waals surface area contributed by atoms with E-state index in [-0.39, 0.29) is 23.5 Å². The van der Waals surface area contributed by atoms with Crippen LogP contribution >= 0.6 is 27.3 Å². The Hall–Kier alpha value is -1.08. The predicted octanol–water partition coefficient (Wildman–Crippen LogP) is 2.71. The van der Waals surface area contributed by atoms with E-state index in [0.29, 0.717) is 19.5 Å². The van der Waals surface area contributed by atoms with Gasteiger partial charge < -0.3 is 15.5 Å². The Labute approximate surface area is 137 Å². The van der Waals surface area contributed by atoms with Gasteiger partial charge in [0.05, 0.1) is 9.83 Å². The maximum atomic E-state index is 12.0. The molecule has 2 heterocycles. The third kappa shape index (κ3) is 4.20. The van der Waals surface area contributed by atoms with Crippen molar-refractivity contribution in [2.45, 2.75) is 45.3 Å². The molecule has 0 spiro atoms. The zero-order chi connectivity index (χ0) is 15.6. The fraction of sp³-hybridized carbons (Fsp3) is 0.571. The number of urea groups is 1. The van der Waals surface area contributed by atoms with Crippen molar-refractivity contribution in [3.8, 4) is 0 Å². The molecule has 7 heteroatoms. The minimum Gasteiger partial charge on any atom is -0.336 e. The second-order valence-corrected chi connectivity index (χ2v) is 8.36. The average molecular weight is 374 g/mol. The number of amides is 3. The summed E-state index contributed by atoms with van der Waals surface area (Å²) in [6, 6.07) is 1.61. The number of carbonyl (C=O) groups is 2. The lowest BCUT2D eigenvalue weighted by atomic mass is 10.1. The van der Waals surface area contributed by atoms with Crippen molar-refractivity contribution >= 4 is 39.2 Å². The molecule has 1 atom stereocenters. The maximum absolute atomic E-state index is 12.0. The Kier molecular flexibility index (Phi) is 4.93. The summed E-state index contributed by atoms with van der Waals surface area (Å²) in [5.41, 5.74) is 0.847. The van der Waals surface area contributed by atoms with Crippen LogP contribution in [0.1, 0.15) is 32.8 Å². The standard InChI is InChI=1S/C14H20BrN3O2S/c1-14(2,3)18-8-10(6-11(18)19)17-13(20)16-7-9-4-5-21-12(9)15/h4-5,10H,6-8H2,1-3H3,(H2,16,17,20). The highest BCUT2D eigenvalue weighted by Crippen LogP contribution is 2.23. The molecular weight excluding hydrogens is 354 g/mol. The first-order valence-electron chi connectivity index (χ1n) is 6.84. The average Bonchev–Trinajstić information content (AvgIpc) is 2.92. The van der Waals surface area contributed by atoms with Crippen LogP contribution in [0.3, 0.4) is 0 Å². The lowest BCUT2D eigenvalue weighted by molar-refractivity contribution is -0.131. The second kappa shape index (κ2) is 6.36. The fourth-order valence-corrected chi connectivity index (χ4v) is 3.55. The van der Waals surface area contributed by atoms with E-state index in [1.165, 1.54) is 0 Å². The van der Waals surface area contributed by atoms with Crippen LogP contribution in [0, 0.1) is 0 Å². The number of halogens is 1. The quantitative estimate of drug-likeness (QED) is 0.855. The van der Waals surface area contributed by atoms with Crippen molar-refractivity contribution in [1.82, 2.24) is 15.5 Å². The normalized spacial score (nSPS) is 19.0. The molecule has 0 radical (unpaired) electrons. The first-order valence-corrected chi connectivity index (χ1v) is 8.51. The topological polar surface area (TPSA) is 61.4 Å². The summed E-state index contributed by atoms with van der Waals surface area (Å²) in [6.07, 6.45) is 0.368. The van der Waals surface area contributed by atoms with Gasteiger partial charge in [-0.2, -0.15) is 0 Å². The first kappa shape index (κ1) is 16.3. The van der Waals surface area contributed by atoms with Crippen molar-refractivity contribution < 1.29 is 9.59 Å². The predicted molar refractivity (Wildman–Crippen MR) is 87.3 cm³/mol.